The number of ether oxygens (including phenoxy) is 3. The molecule has 0 aromatic carbocycles. The first-order valence-corrected chi connectivity index (χ1v) is 12.5. The first-order valence-electron chi connectivity index (χ1n) is 12.5. The molecule has 2 aliphatic carbocycles. The lowest BCUT2D eigenvalue weighted by atomic mass is 9.53. The molecule has 17 heteroatoms. The Kier molecular flexibility index (Phi) is 8.34. The molecule has 0 aromatic rings. The van der Waals surface area contributed by atoms with Crippen molar-refractivity contribution in [2.24, 2.45) is 35.0 Å². The average molecular weight is 618 g/mol. The van der Waals surface area contributed by atoms with Gasteiger partial charge >= 0.3 is 30.8 Å². The molecule has 2 saturated carbocycles. The SMILES string of the molecule is CCCCOCOC(C(F)(F)F)(C(F)(F)F)C12CCC(C1)C(C)C2C1C(C)C(F)(F)OC1(C(F)(F)F)C(F)(F)F. The molecule has 0 N–H and O–H groups in total. The maximum Gasteiger partial charge on any atom is 0.427 e. The molecular weight excluding hydrogens is 590 g/mol. The summed E-state index contributed by atoms with van der Waals surface area (Å²) in [6, 6.07) is 0. The highest BCUT2D eigenvalue weighted by atomic mass is 19.4. The molecule has 236 valence electrons. The number of alkyl halides is 14. The molecule has 1 heterocycles. The zero-order chi connectivity index (χ0) is 31.0. The van der Waals surface area contributed by atoms with Crippen LogP contribution in [0.15, 0.2) is 0 Å². The molecule has 0 amide bonds. The van der Waals surface area contributed by atoms with Gasteiger partial charge in [0.25, 0.3) is 11.2 Å². The Morgan fingerprint density at radius 3 is 1.80 bits per heavy atom. The number of rotatable bonds is 8. The van der Waals surface area contributed by atoms with Gasteiger partial charge in [0.05, 0.1) is 5.92 Å². The average Bonchev–Trinajstić information content (AvgIpc) is 3.36. The first-order chi connectivity index (χ1) is 17.9. The molecule has 6 unspecified atom stereocenters. The van der Waals surface area contributed by atoms with E-state index in [4.69, 9.17) is 4.74 Å². The number of fused-ring (bicyclic) bond motifs is 2. The summed E-state index contributed by atoms with van der Waals surface area (Å²) in [4.78, 5) is 0. The Balaban J connectivity index is 2.34. The van der Waals surface area contributed by atoms with Crippen molar-refractivity contribution in [3.05, 3.63) is 0 Å². The highest BCUT2D eigenvalue weighted by Crippen LogP contribution is 2.77. The van der Waals surface area contributed by atoms with E-state index in [-0.39, 0.29) is 20.0 Å². The van der Waals surface area contributed by atoms with Gasteiger partial charge in [0.15, 0.2) is 0 Å². The van der Waals surface area contributed by atoms with Crippen LogP contribution in [-0.4, -0.2) is 55.4 Å². The molecule has 3 fully saturated rings. The molecule has 0 spiro atoms. The zero-order valence-electron chi connectivity index (χ0n) is 21.4. The minimum atomic E-state index is -6.68. The summed E-state index contributed by atoms with van der Waals surface area (Å²) in [5.74, 6) is -12.4. The van der Waals surface area contributed by atoms with Crippen molar-refractivity contribution in [2.75, 3.05) is 13.4 Å². The van der Waals surface area contributed by atoms with E-state index in [0.717, 1.165) is 6.92 Å². The van der Waals surface area contributed by atoms with Gasteiger partial charge in [-0.25, -0.2) is 0 Å². The van der Waals surface area contributed by atoms with Crippen LogP contribution in [0.2, 0.25) is 0 Å². The summed E-state index contributed by atoms with van der Waals surface area (Å²) in [5, 5.41) is 0. The fourth-order valence-electron chi connectivity index (χ4n) is 7.51. The van der Waals surface area contributed by atoms with Crippen LogP contribution in [0.3, 0.4) is 0 Å². The van der Waals surface area contributed by atoms with Crippen molar-refractivity contribution in [2.45, 2.75) is 94.9 Å². The topological polar surface area (TPSA) is 27.7 Å². The van der Waals surface area contributed by atoms with E-state index < -0.39 is 103 Å². The summed E-state index contributed by atoms with van der Waals surface area (Å²) in [6.07, 6.45) is -33.6. The van der Waals surface area contributed by atoms with Crippen LogP contribution in [0.4, 0.5) is 61.5 Å². The zero-order valence-corrected chi connectivity index (χ0v) is 21.4. The Hall–Kier alpha value is -1.10. The molecule has 3 rings (SSSR count). The van der Waals surface area contributed by atoms with Gasteiger partial charge in [0.2, 0.25) is 0 Å². The van der Waals surface area contributed by atoms with Crippen LogP contribution < -0.4 is 0 Å². The smallest absolute Gasteiger partial charge is 0.355 e. The molecule has 3 nitrogen and oxygen atoms in total. The van der Waals surface area contributed by atoms with Gasteiger partial charge in [-0.1, -0.05) is 27.2 Å². The van der Waals surface area contributed by atoms with Crippen LogP contribution in [0.25, 0.3) is 0 Å². The van der Waals surface area contributed by atoms with Crippen molar-refractivity contribution in [1.29, 1.82) is 0 Å². The molecule has 2 bridgehead atoms. The summed E-state index contributed by atoms with van der Waals surface area (Å²) < 4.78 is 216. The standard InChI is InChI=1S/C23H28F14O3/c1-4-5-8-38-10-39-19(22(32,33)34,23(35,36)37)16-7-6-13(9-16)11(2)14(16)15-12(3)18(24,25)40-17(15,20(26,27)28)21(29,30)31/h11-15H,4-10H2,1-3H3. The molecule has 3 aliphatic rings. The Bertz CT molecular complexity index is 880. The van der Waals surface area contributed by atoms with E-state index in [9.17, 15) is 61.5 Å². The van der Waals surface area contributed by atoms with E-state index in [1.165, 1.54) is 0 Å². The van der Waals surface area contributed by atoms with Crippen LogP contribution >= 0.6 is 0 Å². The van der Waals surface area contributed by atoms with E-state index >= 15 is 0 Å². The fourth-order valence-corrected chi connectivity index (χ4v) is 7.51. The lowest BCUT2D eigenvalue weighted by Gasteiger charge is -2.56. The van der Waals surface area contributed by atoms with E-state index in [2.05, 4.69) is 9.47 Å². The van der Waals surface area contributed by atoms with Gasteiger partial charge in [-0.2, -0.15) is 61.5 Å². The van der Waals surface area contributed by atoms with E-state index in [1.807, 2.05) is 0 Å². The third-order valence-electron chi connectivity index (χ3n) is 9.10. The minimum absolute atomic E-state index is 0.187. The Labute approximate surface area is 219 Å². The van der Waals surface area contributed by atoms with Gasteiger partial charge in [-0.3, -0.25) is 4.74 Å². The first kappa shape index (κ1) is 33.4. The van der Waals surface area contributed by atoms with Crippen molar-refractivity contribution >= 4 is 0 Å². The number of hydrogen-bond donors (Lipinski definition) is 0. The lowest BCUT2D eigenvalue weighted by molar-refractivity contribution is -0.442. The van der Waals surface area contributed by atoms with Gasteiger partial charge in [-0.05, 0) is 43.4 Å². The molecule has 1 saturated heterocycles. The highest BCUT2D eigenvalue weighted by Gasteiger charge is 2.91. The highest BCUT2D eigenvalue weighted by molar-refractivity contribution is 5.24. The van der Waals surface area contributed by atoms with Crippen molar-refractivity contribution in [3.63, 3.8) is 0 Å². The predicted octanol–water partition coefficient (Wildman–Crippen LogP) is 8.43. The van der Waals surface area contributed by atoms with Crippen LogP contribution in [0.1, 0.15) is 52.9 Å². The maximum absolute atomic E-state index is 14.7. The third-order valence-corrected chi connectivity index (χ3v) is 9.10. The third kappa shape index (κ3) is 4.49. The molecule has 40 heavy (non-hydrogen) atoms. The van der Waals surface area contributed by atoms with Gasteiger partial charge in [0, 0.05) is 17.9 Å². The largest absolute Gasteiger partial charge is 0.427 e. The number of halogens is 14. The van der Waals surface area contributed by atoms with Crippen molar-refractivity contribution < 1.29 is 75.7 Å². The van der Waals surface area contributed by atoms with Gasteiger partial charge in [0.1, 0.15) is 6.79 Å². The fraction of sp³-hybridized carbons (Fsp3) is 1.00. The van der Waals surface area contributed by atoms with Crippen LogP contribution in [0.5, 0.6) is 0 Å². The maximum atomic E-state index is 14.7. The van der Waals surface area contributed by atoms with E-state index in [0.29, 0.717) is 6.42 Å². The lowest BCUT2D eigenvalue weighted by Crippen LogP contribution is -2.72. The van der Waals surface area contributed by atoms with Crippen molar-refractivity contribution in [3.8, 4) is 0 Å². The summed E-state index contributed by atoms with van der Waals surface area (Å²) in [5.41, 5.74) is -14.6. The van der Waals surface area contributed by atoms with Crippen LogP contribution in [0, 0.1) is 35.0 Å². The predicted molar refractivity (Wildman–Crippen MR) is 108 cm³/mol. The van der Waals surface area contributed by atoms with Crippen molar-refractivity contribution in [1.82, 2.24) is 0 Å². The molecular formula is C23H28F14O3. The minimum Gasteiger partial charge on any atom is -0.355 e. The molecule has 6 atom stereocenters. The van der Waals surface area contributed by atoms with E-state index in [1.54, 1.807) is 6.92 Å². The Morgan fingerprint density at radius 1 is 0.825 bits per heavy atom. The Morgan fingerprint density at radius 2 is 1.35 bits per heavy atom. The summed E-state index contributed by atoms with van der Waals surface area (Å²) in [6.45, 7) is 0.697. The molecule has 0 radical (unpaired) electrons. The number of unbranched alkanes of at least 4 members (excludes halogenated alkanes) is 1. The number of hydrogen-bond acceptors (Lipinski definition) is 3. The normalized spacial score (nSPS) is 34.6. The van der Waals surface area contributed by atoms with Crippen LogP contribution in [-0.2, 0) is 14.2 Å². The second-order valence-electron chi connectivity index (χ2n) is 11.0. The molecule has 1 aliphatic heterocycles. The molecule has 0 aromatic heterocycles. The summed E-state index contributed by atoms with van der Waals surface area (Å²) >= 11 is 0. The summed E-state index contributed by atoms with van der Waals surface area (Å²) in [7, 11) is 0. The van der Waals surface area contributed by atoms with Gasteiger partial charge < -0.3 is 9.47 Å². The second-order valence-corrected chi connectivity index (χ2v) is 11.0. The quantitative estimate of drug-likeness (QED) is 0.155. The monoisotopic (exact) mass is 618 g/mol. The second kappa shape index (κ2) is 9.98. The van der Waals surface area contributed by atoms with Gasteiger partial charge in [-0.15, -0.1) is 0 Å².